The third-order valence-electron chi connectivity index (χ3n) is 3.41. The minimum absolute atomic E-state index is 0.211. The van der Waals surface area contributed by atoms with E-state index in [4.69, 9.17) is 5.11 Å². The van der Waals surface area contributed by atoms with Crippen molar-refractivity contribution in [2.24, 2.45) is 0 Å². The lowest BCUT2D eigenvalue weighted by Crippen LogP contribution is -2.12. The van der Waals surface area contributed by atoms with Crippen LogP contribution in [0, 0.1) is 0 Å². The monoisotopic (exact) mass is 237 g/mol. The summed E-state index contributed by atoms with van der Waals surface area (Å²) in [7, 11) is 0. The molecule has 1 aliphatic rings. The summed E-state index contributed by atoms with van der Waals surface area (Å²) < 4.78 is 2.03. The van der Waals surface area contributed by atoms with E-state index < -0.39 is 5.97 Å². The third kappa shape index (κ3) is 3.28. The van der Waals surface area contributed by atoms with E-state index in [2.05, 4.69) is 10.2 Å². The molecule has 94 valence electrons. The van der Waals surface area contributed by atoms with Crippen LogP contribution in [-0.4, -0.2) is 25.8 Å². The minimum Gasteiger partial charge on any atom is -0.481 e. The van der Waals surface area contributed by atoms with Gasteiger partial charge in [-0.15, -0.1) is 10.2 Å². The number of aliphatic carboxylic acids is 1. The summed E-state index contributed by atoms with van der Waals surface area (Å²) in [6.07, 6.45) is 8.83. The normalized spacial score (nSPS) is 17.2. The van der Waals surface area contributed by atoms with E-state index in [1.165, 1.54) is 32.1 Å². The van der Waals surface area contributed by atoms with Crippen LogP contribution in [-0.2, 0) is 11.3 Å². The summed E-state index contributed by atoms with van der Waals surface area (Å²) in [5.74, 6) is 0.837. The first-order valence-electron chi connectivity index (χ1n) is 6.37. The lowest BCUT2D eigenvalue weighted by atomic mass is 9.88. The van der Waals surface area contributed by atoms with E-state index in [1.807, 2.05) is 4.57 Å². The van der Waals surface area contributed by atoms with E-state index in [1.54, 1.807) is 6.33 Å². The van der Waals surface area contributed by atoms with Crippen LogP contribution < -0.4 is 0 Å². The highest BCUT2D eigenvalue weighted by Crippen LogP contribution is 2.31. The lowest BCUT2D eigenvalue weighted by molar-refractivity contribution is -0.137. The van der Waals surface area contributed by atoms with Crippen LogP contribution in [0.1, 0.15) is 56.7 Å². The number of hydrogen-bond donors (Lipinski definition) is 1. The van der Waals surface area contributed by atoms with Crippen molar-refractivity contribution in [2.75, 3.05) is 0 Å². The number of aromatic nitrogens is 3. The van der Waals surface area contributed by atoms with E-state index in [-0.39, 0.29) is 6.42 Å². The Balaban J connectivity index is 1.93. The van der Waals surface area contributed by atoms with Crippen LogP contribution in [0.2, 0.25) is 0 Å². The van der Waals surface area contributed by atoms with Gasteiger partial charge < -0.3 is 9.67 Å². The maximum atomic E-state index is 10.5. The first-order valence-corrected chi connectivity index (χ1v) is 6.37. The van der Waals surface area contributed by atoms with Crippen LogP contribution in [0.3, 0.4) is 0 Å². The highest BCUT2D eigenvalue weighted by molar-refractivity contribution is 5.66. The van der Waals surface area contributed by atoms with Gasteiger partial charge in [0.05, 0.1) is 0 Å². The molecular formula is C12H19N3O2. The third-order valence-corrected chi connectivity index (χ3v) is 3.41. The first-order chi connectivity index (χ1) is 8.27. The molecule has 5 nitrogen and oxygen atoms in total. The summed E-state index contributed by atoms with van der Waals surface area (Å²) in [5.41, 5.74) is 0. The Morgan fingerprint density at radius 1 is 1.41 bits per heavy atom. The van der Waals surface area contributed by atoms with Crippen molar-refractivity contribution in [1.82, 2.24) is 14.8 Å². The van der Waals surface area contributed by atoms with Gasteiger partial charge in [0.2, 0.25) is 0 Å². The van der Waals surface area contributed by atoms with Crippen LogP contribution in [0.4, 0.5) is 0 Å². The zero-order chi connectivity index (χ0) is 12.1. The molecule has 0 radical (unpaired) electrons. The number of rotatable bonds is 5. The fourth-order valence-corrected chi connectivity index (χ4v) is 2.51. The Bertz CT molecular complexity index is 370. The molecule has 5 heteroatoms. The Hall–Kier alpha value is -1.39. The summed E-state index contributed by atoms with van der Waals surface area (Å²) in [6.45, 7) is 0.713. The molecule has 0 bridgehead atoms. The fourth-order valence-electron chi connectivity index (χ4n) is 2.51. The van der Waals surface area contributed by atoms with Gasteiger partial charge in [0.25, 0.3) is 0 Å². The number of nitrogens with zero attached hydrogens (tertiary/aromatic N) is 3. The summed E-state index contributed by atoms with van der Waals surface area (Å²) >= 11 is 0. The maximum Gasteiger partial charge on any atom is 0.303 e. The molecule has 0 unspecified atom stereocenters. The number of carboxylic acid groups (broad SMARTS) is 1. The van der Waals surface area contributed by atoms with Crippen molar-refractivity contribution in [3.8, 4) is 0 Å². The zero-order valence-corrected chi connectivity index (χ0v) is 10.0. The SMILES string of the molecule is O=C(O)CCCn1cnnc1C1CCCCC1. The quantitative estimate of drug-likeness (QED) is 0.852. The summed E-state index contributed by atoms with van der Waals surface area (Å²) in [6, 6.07) is 0. The van der Waals surface area contributed by atoms with Crippen molar-refractivity contribution in [2.45, 2.75) is 57.4 Å². The average molecular weight is 237 g/mol. The molecule has 0 atom stereocenters. The molecule has 1 heterocycles. The molecule has 0 aromatic carbocycles. The van der Waals surface area contributed by atoms with Crippen molar-refractivity contribution >= 4 is 5.97 Å². The van der Waals surface area contributed by atoms with Crippen LogP contribution in [0.5, 0.6) is 0 Å². The largest absolute Gasteiger partial charge is 0.481 e. The van der Waals surface area contributed by atoms with E-state index in [0.29, 0.717) is 18.9 Å². The number of hydrogen-bond acceptors (Lipinski definition) is 3. The molecule has 1 aromatic rings. The molecule has 0 spiro atoms. The minimum atomic E-state index is -0.739. The van der Waals surface area contributed by atoms with Gasteiger partial charge in [-0.3, -0.25) is 4.79 Å². The lowest BCUT2D eigenvalue weighted by Gasteiger charge is -2.21. The standard InChI is InChI=1S/C12H19N3O2/c16-11(17)7-4-8-15-9-13-14-12(15)10-5-2-1-3-6-10/h9-10H,1-8H2,(H,16,17). The Morgan fingerprint density at radius 3 is 2.88 bits per heavy atom. The number of aryl methyl sites for hydroxylation is 1. The van der Waals surface area contributed by atoms with Gasteiger partial charge in [-0.1, -0.05) is 19.3 Å². The van der Waals surface area contributed by atoms with E-state index >= 15 is 0 Å². The predicted molar refractivity (Wildman–Crippen MR) is 62.7 cm³/mol. The molecule has 17 heavy (non-hydrogen) atoms. The zero-order valence-electron chi connectivity index (χ0n) is 10.0. The summed E-state index contributed by atoms with van der Waals surface area (Å²) in [5, 5.41) is 16.8. The predicted octanol–water partition coefficient (Wildman–Crippen LogP) is 2.19. The molecule has 1 saturated carbocycles. The topological polar surface area (TPSA) is 68.0 Å². The molecule has 0 amide bonds. The molecule has 1 fully saturated rings. The van der Waals surface area contributed by atoms with Crippen molar-refractivity contribution < 1.29 is 9.90 Å². The molecule has 2 rings (SSSR count). The van der Waals surface area contributed by atoms with Gasteiger partial charge in [0.15, 0.2) is 0 Å². The molecular weight excluding hydrogens is 218 g/mol. The van der Waals surface area contributed by atoms with Crippen molar-refractivity contribution in [3.05, 3.63) is 12.2 Å². The highest BCUT2D eigenvalue weighted by atomic mass is 16.4. The van der Waals surface area contributed by atoms with Crippen LogP contribution >= 0.6 is 0 Å². The second-order valence-electron chi connectivity index (χ2n) is 4.71. The van der Waals surface area contributed by atoms with Gasteiger partial charge >= 0.3 is 5.97 Å². The Morgan fingerprint density at radius 2 is 2.18 bits per heavy atom. The van der Waals surface area contributed by atoms with Crippen molar-refractivity contribution in [3.63, 3.8) is 0 Å². The van der Waals surface area contributed by atoms with Crippen LogP contribution in [0.15, 0.2) is 6.33 Å². The molecule has 1 aromatic heterocycles. The van der Waals surface area contributed by atoms with Crippen LogP contribution in [0.25, 0.3) is 0 Å². The highest BCUT2D eigenvalue weighted by Gasteiger charge is 2.20. The van der Waals surface area contributed by atoms with Crippen molar-refractivity contribution in [1.29, 1.82) is 0 Å². The van der Waals surface area contributed by atoms with E-state index in [0.717, 1.165) is 5.82 Å². The Kier molecular flexibility index (Phi) is 4.12. The smallest absolute Gasteiger partial charge is 0.303 e. The molecule has 0 saturated heterocycles. The maximum absolute atomic E-state index is 10.5. The van der Waals surface area contributed by atoms with Gasteiger partial charge in [-0.2, -0.15) is 0 Å². The number of carboxylic acids is 1. The molecule has 1 aliphatic carbocycles. The Labute approximate surface area is 101 Å². The van der Waals surface area contributed by atoms with Gasteiger partial charge in [-0.05, 0) is 19.3 Å². The summed E-state index contributed by atoms with van der Waals surface area (Å²) in [4.78, 5) is 10.5. The van der Waals surface area contributed by atoms with E-state index in [9.17, 15) is 4.79 Å². The molecule has 1 N–H and O–H groups in total. The fraction of sp³-hybridized carbons (Fsp3) is 0.750. The average Bonchev–Trinajstić information content (AvgIpc) is 2.78. The number of carbonyl (C=O) groups is 1. The van der Waals surface area contributed by atoms with Gasteiger partial charge in [0, 0.05) is 18.9 Å². The molecule has 0 aliphatic heterocycles. The van der Waals surface area contributed by atoms with Gasteiger partial charge in [0.1, 0.15) is 12.2 Å². The first kappa shape index (κ1) is 12.1. The second kappa shape index (κ2) is 5.80. The second-order valence-corrected chi connectivity index (χ2v) is 4.71. The van der Waals surface area contributed by atoms with Gasteiger partial charge in [-0.25, -0.2) is 0 Å².